The van der Waals surface area contributed by atoms with Crippen LogP contribution in [0.3, 0.4) is 0 Å². The highest BCUT2D eigenvalue weighted by Gasteiger charge is 2.06. The van der Waals surface area contributed by atoms with Crippen LogP contribution in [-0.4, -0.2) is 35.4 Å². The highest BCUT2D eigenvalue weighted by molar-refractivity contribution is 9.11. The van der Waals surface area contributed by atoms with Crippen LogP contribution < -0.4 is 5.32 Å². The van der Waals surface area contributed by atoms with Gasteiger partial charge < -0.3 is 15.5 Å². The van der Waals surface area contributed by atoms with Crippen LogP contribution in [0.4, 0.5) is 0 Å². The zero-order chi connectivity index (χ0) is 12.7. The van der Waals surface area contributed by atoms with E-state index in [0.717, 1.165) is 16.8 Å². The molecule has 0 aliphatic rings. The van der Waals surface area contributed by atoms with E-state index in [4.69, 9.17) is 5.11 Å². The average molecular weight is 322 g/mol. The second-order valence-electron chi connectivity index (χ2n) is 3.75. The first-order valence-electron chi connectivity index (χ1n) is 5.42. The molecule has 1 aromatic rings. The van der Waals surface area contributed by atoms with E-state index >= 15 is 0 Å². The van der Waals surface area contributed by atoms with Gasteiger partial charge in [-0.2, -0.15) is 0 Å². The molecule has 96 valence electrons. The SMILES string of the molecule is O=C(O)CCC(O)CNCCc1ccc(Br)s1. The number of carbonyl (C=O) groups is 1. The number of halogens is 1. The number of aliphatic carboxylic acids is 1. The smallest absolute Gasteiger partial charge is 0.303 e. The van der Waals surface area contributed by atoms with Gasteiger partial charge in [-0.1, -0.05) is 0 Å². The maximum atomic E-state index is 10.3. The first kappa shape index (κ1) is 14.6. The van der Waals surface area contributed by atoms with E-state index in [1.165, 1.54) is 4.88 Å². The maximum Gasteiger partial charge on any atom is 0.303 e. The monoisotopic (exact) mass is 321 g/mol. The Morgan fingerprint density at radius 1 is 1.53 bits per heavy atom. The minimum absolute atomic E-state index is 0.0146. The molecule has 1 aromatic heterocycles. The van der Waals surface area contributed by atoms with Crippen molar-refractivity contribution >= 4 is 33.2 Å². The summed E-state index contributed by atoms with van der Waals surface area (Å²) in [7, 11) is 0. The molecule has 0 radical (unpaired) electrons. The third-order valence-electron chi connectivity index (χ3n) is 2.25. The van der Waals surface area contributed by atoms with Gasteiger partial charge in [0.25, 0.3) is 0 Å². The number of rotatable bonds is 8. The topological polar surface area (TPSA) is 69.6 Å². The zero-order valence-electron chi connectivity index (χ0n) is 9.36. The molecule has 0 aromatic carbocycles. The molecule has 1 rings (SSSR count). The molecule has 1 heterocycles. The van der Waals surface area contributed by atoms with E-state index in [0.29, 0.717) is 13.0 Å². The molecule has 1 atom stereocenters. The van der Waals surface area contributed by atoms with Crippen LogP contribution >= 0.6 is 27.3 Å². The number of nitrogens with one attached hydrogen (secondary N) is 1. The van der Waals surface area contributed by atoms with Crippen LogP contribution in [0.2, 0.25) is 0 Å². The molecule has 0 aliphatic carbocycles. The van der Waals surface area contributed by atoms with Crippen LogP contribution in [0.15, 0.2) is 15.9 Å². The van der Waals surface area contributed by atoms with Gasteiger partial charge in [0.2, 0.25) is 0 Å². The number of thiophene rings is 1. The lowest BCUT2D eigenvalue weighted by Crippen LogP contribution is -2.28. The first-order chi connectivity index (χ1) is 8.08. The summed E-state index contributed by atoms with van der Waals surface area (Å²) in [5.74, 6) is -0.868. The van der Waals surface area contributed by atoms with Crippen LogP contribution in [0.5, 0.6) is 0 Å². The second kappa shape index (κ2) is 7.81. The van der Waals surface area contributed by atoms with E-state index < -0.39 is 12.1 Å². The van der Waals surface area contributed by atoms with Crippen molar-refractivity contribution in [2.75, 3.05) is 13.1 Å². The summed E-state index contributed by atoms with van der Waals surface area (Å²) >= 11 is 5.10. The van der Waals surface area contributed by atoms with E-state index in [2.05, 4.69) is 27.3 Å². The molecule has 0 bridgehead atoms. The molecule has 1 unspecified atom stereocenters. The summed E-state index contributed by atoms with van der Waals surface area (Å²) < 4.78 is 1.12. The van der Waals surface area contributed by atoms with Crippen molar-refractivity contribution in [1.29, 1.82) is 0 Å². The molecule has 0 saturated heterocycles. The molecule has 0 spiro atoms. The van der Waals surface area contributed by atoms with Gasteiger partial charge in [-0.3, -0.25) is 4.79 Å². The number of aliphatic hydroxyl groups excluding tert-OH is 1. The molecular formula is C11H16BrNO3S. The van der Waals surface area contributed by atoms with E-state index in [-0.39, 0.29) is 6.42 Å². The summed E-state index contributed by atoms with van der Waals surface area (Å²) in [6, 6.07) is 4.08. The summed E-state index contributed by atoms with van der Waals surface area (Å²) in [6.45, 7) is 1.23. The fraction of sp³-hybridized carbons (Fsp3) is 0.545. The lowest BCUT2D eigenvalue weighted by atomic mass is 10.2. The zero-order valence-corrected chi connectivity index (χ0v) is 11.8. The minimum Gasteiger partial charge on any atom is -0.481 e. The Morgan fingerprint density at radius 2 is 2.29 bits per heavy atom. The van der Waals surface area contributed by atoms with E-state index in [1.54, 1.807) is 11.3 Å². The minimum atomic E-state index is -0.868. The molecule has 4 nitrogen and oxygen atoms in total. The van der Waals surface area contributed by atoms with Crippen molar-refractivity contribution in [3.05, 3.63) is 20.8 Å². The number of hydrogen-bond acceptors (Lipinski definition) is 4. The van der Waals surface area contributed by atoms with Crippen molar-refractivity contribution in [3.63, 3.8) is 0 Å². The van der Waals surface area contributed by atoms with Crippen molar-refractivity contribution in [2.45, 2.75) is 25.4 Å². The summed E-state index contributed by atoms with van der Waals surface area (Å²) in [5, 5.41) is 21.0. The van der Waals surface area contributed by atoms with E-state index in [1.807, 2.05) is 6.07 Å². The molecule has 0 fully saturated rings. The normalized spacial score (nSPS) is 12.6. The Bertz CT molecular complexity index is 356. The van der Waals surface area contributed by atoms with Gasteiger partial charge in [-0.15, -0.1) is 11.3 Å². The molecule has 0 aliphatic heterocycles. The number of carboxylic acid groups (broad SMARTS) is 1. The lowest BCUT2D eigenvalue weighted by Gasteiger charge is -2.09. The second-order valence-corrected chi connectivity index (χ2v) is 6.29. The lowest BCUT2D eigenvalue weighted by molar-refractivity contribution is -0.137. The Hall–Kier alpha value is -0.430. The Morgan fingerprint density at radius 3 is 2.88 bits per heavy atom. The average Bonchev–Trinajstić information content (AvgIpc) is 2.68. The van der Waals surface area contributed by atoms with Crippen molar-refractivity contribution in [1.82, 2.24) is 5.32 Å². The Balaban J connectivity index is 2.05. The fourth-order valence-corrected chi connectivity index (χ4v) is 2.84. The van der Waals surface area contributed by atoms with Crippen LogP contribution in [0.1, 0.15) is 17.7 Å². The van der Waals surface area contributed by atoms with Crippen molar-refractivity contribution in [3.8, 4) is 0 Å². The predicted octanol–water partition coefficient (Wildman–Crippen LogP) is 1.87. The highest BCUT2D eigenvalue weighted by atomic mass is 79.9. The Labute approximate surface area is 113 Å². The quantitative estimate of drug-likeness (QED) is 0.639. The van der Waals surface area contributed by atoms with Gasteiger partial charge >= 0.3 is 5.97 Å². The van der Waals surface area contributed by atoms with Crippen molar-refractivity contribution in [2.24, 2.45) is 0 Å². The largest absolute Gasteiger partial charge is 0.481 e. The molecule has 3 N–H and O–H groups in total. The number of hydrogen-bond donors (Lipinski definition) is 3. The number of carboxylic acids is 1. The summed E-state index contributed by atoms with van der Waals surface area (Å²) in [4.78, 5) is 11.6. The summed E-state index contributed by atoms with van der Waals surface area (Å²) in [5.41, 5.74) is 0. The van der Waals surface area contributed by atoms with E-state index in [9.17, 15) is 9.90 Å². The van der Waals surface area contributed by atoms with Crippen molar-refractivity contribution < 1.29 is 15.0 Å². The van der Waals surface area contributed by atoms with Crippen LogP contribution in [0, 0.1) is 0 Å². The maximum absolute atomic E-state index is 10.3. The third kappa shape index (κ3) is 6.78. The third-order valence-corrected chi connectivity index (χ3v) is 3.93. The number of aliphatic hydroxyl groups is 1. The van der Waals surface area contributed by atoms with Gasteiger partial charge in [-0.25, -0.2) is 0 Å². The molecule has 6 heteroatoms. The summed E-state index contributed by atoms with van der Waals surface area (Å²) in [6.07, 6.45) is 0.649. The molecule has 17 heavy (non-hydrogen) atoms. The van der Waals surface area contributed by atoms with Crippen LogP contribution in [-0.2, 0) is 11.2 Å². The van der Waals surface area contributed by atoms with Crippen LogP contribution in [0.25, 0.3) is 0 Å². The highest BCUT2D eigenvalue weighted by Crippen LogP contribution is 2.21. The first-order valence-corrected chi connectivity index (χ1v) is 7.03. The standard InChI is InChI=1S/C11H16BrNO3S/c12-10-3-2-9(17-10)5-6-13-7-8(14)1-4-11(15)16/h2-3,8,13-14H,1,4-7H2,(H,15,16). The predicted molar refractivity (Wildman–Crippen MR) is 71.5 cm³/mol. The van der Waals surface area contributed by atoms with Gasteiger partial charge in [0, 0.05) is 24.4 Å². The fourth-order valence-electron chi connectivity index (χ4n) is 1.36. The molecule has 0 amide bonds. The molecular weight excluding hydrogens is 306 g/mol. The van der Waals surface area contributed by atoms with Gasteiger partial charge in [-0.05, 0) is 40.9 Å². The van der Waals surface area contributed by atoms with Gasteiger partial charge in [0.05, 0.1) is 9.89 Å². The van der Waals surface area contributed by atoms with Gasteiger partial charge in [0.15, 0.2) is 0 Å². The van der Waals surface area contributed by atoms with Gasteiger partial charge in [0.1, 0.15) is 0 Å². The Kier molecular flexibility index (Phi) is 6.72. The molecule has 0 saturated carbocycles.